The summed E-state index contributed by atoms with van der Waals surface area (Å²) in [5, 5.41) is 3.55. The van der Waals surface area contributed by atoms with E-state index < -0.39 is 8.80 Å². The fourth-order valence-corrected chi connectivity index (χ4v) is 5.52. The highest BCUT2D eigenvalue weighted by atomic mass is 28.3. The molecule has 2 aromatic carbocycles. The normalized spacial score (nSPS) is 28.5. The number of nitrogens with two attached hydrogens (primary N) is 1. The van der Waals surface area contributed by atoms with E-state index in [1.807, 2.05) is 5.01 Å². The minimum absolute atomic E-state index is 0.0682. The maximum atomic E-state index is 6.70. The van der Waals surface area contributed by atoms with Crippen LogP contribution in [0.1, 0.15) is 37.0 Å². The summed E-state index contributed by atoms with van der Waals surface area (Å²) in [5.41, 5.74) is 5.40. The maximum absolute atomic E-state index is 6.70. The van der Waals surface area contributed by atoms with Gasteiger partial charge < -0.3 is 0 Å². The molecule has 4 rings (SSSR count). The topological polar surface area (TPSA) is 29.3 Å². The van der Waals surface area contributed by atoms with Crippen LogP contribution < -0.4 is 16.0 Å². The first-order valence-corrected chi connectivity index (χ1v) is 11.0. The third-order valence-corrected chi connectivity index (χ3v) is 7.89. The minimum Gasteiger partial charge on any atom is -0.300 e. The van der Waals surface area contributed by atoms with Gasteiger partial charge in [-0.25, -0.2) is 5.84 Å². The number of fused-ring (bicyclic) bond motifs is 5. The van der Waals surface area contributed by atoms with Gasteiger partial charge in [0.05, 0.1) is 20.0 Å². The number of benzene rings is 2. The Bertz CT molecular complexity index is 785. The van der Waals surface area contributed by atoms with E-state index in [1.165, 1.54) is 27.6 Å². The molecule has 2 nitrogen and oxygen atoms in total. The second-order valence-electron chi connectivity index (χ2n) is 7.66. The largest absolute Gasteiger partial charge is 0.300 e. The highest BCUT2D eigenvalue weighted by Crippen LogP contribution is 2.59. The zero-order chi connectivity index (χ0) is 16.4. The van der Waals surface area contributed by atoms with E-state index in [0.717, 1.165) is 12.8 Å². The third kappa shape index (κ3) is 1.72. The zero-order valence-corrected chi connectivity index (χ0v) is 15.5. The van der Waals surface area contributed by atoms with Crippen molar-refractivity contribution in [2.45, 2.75) is 50.7 Å². The minimum atomic E-state index is -0.453. The van der Waals surface area contributed by atoms with Crippen LogP contribution in [-0.2, 0) is 17.4 Å². The second-order valence-corrected chi connectivity index (χ2v) is 10.2. The van der Waals surface area contributed by atoms with E-state index in [-0.39, 0.29) is 11.0 Å². The van der Waals surface area contributed by atoms with Crippen LogP contribution >= 0.6 is 0 Å². The molecule has 0 fully saturated rings. The Morgan fingerprint density at radius 3 is 2.52 bits per heavy atom. The average Bonchev–Trinajstić information content (AvgIpc) is 2.74. The molecule has 0 amide bonds. The van der Waals surface area contributed by atoms with Gasteiger partial charge in [-0.2, -0.15) is 0 Å². The van der Waals surface area contributed by atoms with Gasteiger partial charge >= 0.3 is 0 Å². The van der Waals surface area contributed by atoms with Crippen molar-refractivity contribution in [3.8, 4) is 0 Å². The average molecular weight is 322 g/mol. The number of aryl methyl sites for hydroxylation is 1. The molecule has 23 heavy (non-hydrogen) atoms. The quantitative estimate of drug-likeness (QED) is 0.644. The Morgan fingerprint density at radius 2 is 1.78 bits per heavy atom. The standard InChI is InChI=1S/C20H25N2Si/c1-19-12-11-14-7-5-6-8-16(14)20(19,2)22(21)18-10-9-15(23(3)4)13-17(18)19/h5-10,13H,11-12,21H2,1-4H3. The van der Waals surface area contributed by atoms with Crippen molar-refractivity contribution >= 4 is 19.7 Å². The Kier molecular flexibility index (Phi) is 3.07. The van der Waals surface area contributed by atoms with Crippen LogP contribution in [0.4, 0.5) is 5.69 Å². The van der Waals surface area contributed by atoms with Crippen LogP contribution in [0, 0.1) is 0 Å². The molecular formula is C20H25N2Si. The molecular weight excluding hydrogens is 296 g/mol. The molecule has 0 aromatic heterocycles. The van der Waals surface area contributed by atoms with Gasteiger partial charge in [-0.3, -0.25) is 5.01 Å². The molecule has 0 saturated carbocycles. The number of nitrogens with zero attached hydrogens (tertiary/aromatic N) is 1. The van der Waals surface area contributed by atoms with Crippen LogP contribution in [0.3, 0.4) is 0 Å². The monoisotopic (exact) mass is 321 g/mol. The molecule has 0 spiro atoms. The molecule has 2 atom stereocenters. The van der Waals surface area contributed by atoms with Crippen LogP contribution in [0.5, 0.6) is 0 Å². The molecule has 1 radical (unpaired) electrons. The van der Waals surface area contributed by atoms with Gasteiger partial charge in [0.25, 0.3) is 0 Å². The fraction of sp³-hybridized carbons (Fsp3) is 0.400. The van der Waals surface area contributed by atoms with Crippen molar-refractivity contribution in [2.75, 3.05) is 5.01 Å². The summed E-state index contributed by atoms with van der Waals surface area (Å²) in [4.78, 5) is 0. The Balaban J connectivity index is 1.98. The van der Waals surface area contributed by atoms with Crippen molar-refractivity contribution in [1.29, 1.82) is 0 Å². The van der Waals surface area contributed by atoms with Gasteiger partial charge in [0.2, 0.25) is 0 Å². The third-order valence-electron chi connectivity index (χ3n) is 6.42. The number of hydrogen-bond donors (Lipinski definition) is 1. The SMILES string of the molecule is C[Si](C)c1ccc2c(c1)C1(C)CCc3ccccc3C1(C)N2N. The van der Waals surface area contributed by atoms with Crippen molar-refractivity contribution < 1.29 is 0 Å². The van der Waals surface area contributed by atoms with Crippen molar-refractivity contribution in [2.24, 2.45) is 5.84 Å². The van der Waals surface area contributed by atoms with Crippen molar-refractivity contribution in [1.82, 2.24) is 0 Å². The van der Waals surface area contributed by atoms with E-state index in [2.05, 4.69) is 69.4 Å². The summed E-state index contributed by atoms with van der Waals surface area (Å²) in [6.45, 7) is 9.46. The van der Waals surface area contributed by atoms with Crippen molar-refractivity contribution in [3.63, 3.8) is 0 Å². The molecule has 2 N–H and O–H groups in total. The first-order chi connectivity index (χ1) is 10.9. The van der Waals surface area contributed by atoms with E-state index in [4.69, 9.17) is 5.84 Å². The lowest BCUT2D eigenvalue weighted by atomic mass is 9.60. The van der Waals surface area contributed by atoms with Gasteiger partial charge in [-0.05, 0) is 42.5 Å². The predicted molar refractivity (Wildman–Crippen MR) is 99.7 cm³/mol. The fourth-order valence-electron chi connectivity index (χ4n) is 4.67. The second kappa shape index (κ2) is 4.71. The highest BCUT2D eigenvalue weighted by molar-refractivity contribution is 6.70. The van der Waals surface area contributed by atoms with Crippen LogP contribution in [-0.4, -0.2) is 8.80 Å². The van der Waals surface area contributed by atoms with Gasteiger partial charge in [0.15, 0.2) is 0 Å². The summed E-state index contributed by atoms with van der Waals surface area (Å²) < 4.78 is 0. The van der Waals surface area contributed by atoms with E-state index in [0.29, 0.717) is 0 Å². The first kappa shape index (κ1) is 15.0. The summed E-state index contributed by atoms with van der Waals surface area (Å²) in [6, 6.07) is 15.8. The van der Waals surface area contributed by atoms with E-state index in [1.54, 1.807) is 0 Å². The zero-order valence-electron chi connectivity index (χ0n) is 14.5. The van der Waals surface area contributed by atoms with E-state index >= 15 is 0 Å². The molecule has 1 aliphatic carbocycles. The maximum Gasteiger partial charge on any atom is 0.0878 e. The number of hydrogen-bond acceptors (Lipinski definition) is 2. The summed E-state index contributed by atoms with van der Waals surface area (Å²) in [5.74, 6) is 6.70. The summed E-state index contributed by atoms with van der Waals surface area (Å²) in [7, 11) is -0.453. The highest BCUT2D eigenvalue weighted by Gasteiger charge is 2.58. The lowest BCUT2D eigenvalue weighted by molar-refractivity contribution is 0.232. The number of hydrazine groups is 1. The molecule has 3 heteroatoms. The Hall–Kier alpha value is -1.58. The summed E-state index contributed by atoms with van der Waals surface area (Å²) >= 11 is 0. The Morgan fingerprint density at radius 1 is 1.04 bits per heavy atom. The van der Waals surface area contributed by atoms with Crippen LogP contribution in [0.2, 0.25) is 13.1 Å². The molecule has 119 valence electrons. The predicted octanol–water partition coefficient (Wildman–Crippen LogP) is 3.46. The van der Waals surface area contributed by atoms with Gasteiger partial charge in [0.1, 0.15) is 0 Å². The van der Waals surface area contributed by atoms with Gasteiger partial charge in [0, 0.05) is 5.41 Å². The molecule has 2 aliphatic rings. The molecule has 1 aliphatic heterocycles. The lowest BCUT2D eigenvalue weighted by Crippen LogP contribution is -2.57. The molecule has 0 bridgehead atoms. The first-order valence-electron chi connectivity index (χ1n) is 8.48. The van der Waals surface area contributed by atoms with Crippen LogP contribution in [0.25, 0.3) is 0 Å². The van der Waals surface area contributed by atoms with Gasteiger partial charge in [-0.1, -0.05) is 61.6 Å². The van der Waals surface area contributed by atoms with Crippen LogP contribution in [0.15, 0.2) is 42.5 Å². The number of anilines is 1. The molecule has 2 unspecified atom stereocenters. The summed E-state index contributed by atoms with van der Waals surface area (Å²) in [6.07, 6.45) is 2.29. The van der Waals surface area contributed by atoms with Gasteiger partial charge in [-0.15, -0.1) is 0 Å². The molecule has 2 aromatic rings. The molecule has 0 saturated heterocycles. The molecule has 1 heterocycles. The number of rotatable bonds is 1. The lowest BCUT2D eigenvalue weighted by Gasteiger charge is -2.49. The van der Waals surface area contributed by atoms with E-state index in [9.17, 15) is 0 Å². The Labute approximate surface area is 140 Å². The smallest absolute Gasteiger partial charge is 0.0878 e. The van der Waals surface area contributed by atoms with Crippen molar-refractivity contribution in [3.05, 3.63) is 59.2 Å².